The number of carbonyl (C=O) groups is 1. The summed E-state index contributed by atoms with van der Waals surface area (Å²) in [6.45, 7) is 3.95. The molecule has 1 aliphatic rings. The first kappa shape index (κ1) is 13.3. The van der Waals surface area contributed by atoms with E-state index in [4.69, 9.17) is 0 Å². The van der Waals surface area contributed by atoms with Gasteiger partial charge in [-0.3, -0.25) is 4.79 Å². The smallest absolute Gasteiger partial charge is 0.158 e. The molecule has 0 amide bonds. The van der Waals surface area contributed by atoms with E-state index in [2.05, 4.69) is 17.5 Å². The molecule has 18 heavy (non-hydrogen) atoms. The summed E-state index contributed by atoms with van der Waals surface area (Å²) in [7, 11) is 0. The average Bonchev–Trinajstić information content (AvgIpc) is 2.85. The largest absolute Gasteiger partial charge is 0.297 e. The molecule has 1 saturated carbocycles. The lowest BCUT2D eigenvalue weighted by atomic mass is 9.61. The van der Waals surface area contributed by atoms with Crippen LogP contribution in [-0.2, 0) is 11.2 Å². The van der Waals surface area contributed by atoms with Crippen molar-refractivity contribution in [2.45, 2.75) is 46.0 Å². The van der Waals surface area contributed by atoms with Gasteiger partial charge in [-0.05, 0) is 48.1 Å². The van der Waals surface area contributed by atoms with Gasteiger partial charge in [0.15, 0.2) is 5.78 Å². The highest BCUT2D eigenvalue weighted by Gasteiger charge is 2.48. The van der Waals surface area contributed by atoms with E-state index in [1.165, 1.54) is 5.56 Å². The van der Waals surface area contributed by atoms with Gasteiger partial charge in [0.25, 0.3) is 0 Å². The van der Waals surface area contributed by atoms with Crippen LogP contribution in [0.1, 0.15) is 45.1 Å². The molecule has 1 heterocycles. The molecule has 0 saturated heterocycles. The van der Waals surface area contributed by atoms with Crippen molar-refractivity contribution in [1.82, 2.24) is 0 Å². The third kappa shape index (κ3) is 2.35. The van der Waals surface area contributed by atoms with Crippen LogP contribution in [0.3, 0.4) is 0 Å². The Hall–Kier alpha value is -1.14. The number of Topliss-reactive ketones (excluding diaryl/α,β-unsaturated/α-hetero) is 1. The van der Waals surface area contributed by atoms with E-state index < -0.39 is 5.41 Å². The van der Waals surface area contributed by atoms with Crippen molar-refractivity contribution in [3.8, 4) is 6.07 Å². The Morgan fingerprint density at radius 1 is 1.44 bits per heavy atom. The normalized spacial score (nSPS) is 26.8. The van der Waals surface area contributed by atoms with Crippen LogP contribution in [0.25, 0.3) is 0 Å². The molecule has 1 fully saturated rings. The van der Waals surface area contributed by atoms with Crippen molar-refractivity contribution >= 4 is 17.1 Å². The Morgan fingerprint density at radius 2 is 2.22 bits per heavy atom. The quantitative estimate of drug-likeness (QED) is 0.826. The Labute approximate surface area is 113 Å². The number of rotatable bonds is 3. The van der Waals surface area contributed by atoms with Gasteiger partial charge in [-0.2, -0.15) is 16.6 Å². The zero-order valence-electron chi connectivity index (χ0n) is 11.0. The summed E-state index contributed by atoms with van der Waals surface area (Å²) in [5, 5.41) is 13.6. The summed E-state index contributed by atoms with van der Waals surface area (Å²) in [6.07, 6.45) is 4.13. The van der Waals surface area contributed by atoms with E-state index in [0.29, 0.717) is 6.42 Å². The maximum atomic E-state index is 12.5. The molecule has 1 aromatic heterocycles. The van der Waals surface area contributed by atoms with Gasteiger partial charge in [0, 0.05) is 5.41 Å². The molecule has 0 N–H and O–H groups in total. The fraction of sp³-hybridized carbons (Fsp3) is 0.600. The zero-order chi connectivity index (χ0) is 13.2. The molecule has 1 aromatic rings. The molecule has 1 aliphatic carbocycles. The number of hydrogen-bond donors (Lipinski definition) is 0. The van der Waals surface area contributed by atoms with Crippen LogP contribution < -0.4 is 0 Å². The van der Waals surface area contributed by atoms with Gasteiger partial charge in [0.05, 0.1) is 6.07 Å². The van der Waals surface area contributed by atoms with Crippen LogP contribution in [-0.4, -0.2) is 5.78 Å². The molecule has 1 atom stereocenters. The summed E-state index contributed by atoms with van der Waals surface area (Å²) in [5.74, 6) is 0.152. The second-order valence-corrected chi connectivity index (χ2v) is 6.67. The summed E-state index contributed by atoms with van der Waals surface area (Å²) < 4.78 is 0. The molecule has 0 aliphatic heterocycles. The number of carbonyl (C=O) groups excluding carboxylic acids is 1. The molecule has 2 nitrogen and oxygen atoms in total. The van der Waals surface area contributed by atoms with E-state index in [-0.39, 0.29) is 11.2 Å². The summed E-state index contributed by atoms with van der Waals surface area (Å²) >= 11 is 1.67. The second-order valence-electron chi connectivity index (χ2n) is 5.89. The van der Waals surface area contributed by atoms with Crippen molar-refractivity contribution in [3.63, 3.8) is 0 Å². The number of hydrogen-bond acceptors (Lipinski definition) is 3. The minimum Gasteiger partial charge on any atom is -0.297 e. The summed E-state index contributed by atoms with van der Waals surface area (Å²) in [5.41, 5.74) is 0.164. The zero-order valence-corrected chi connectivity index (χ0v) is 11.8. The standard InChI is InChI=1S/C15H19NOS/c1-14(2)6-3-7-15(11-16,13(14)17)8-4-12-5-9-18-10-12/h5,9-10H,3-4,6-8H2,1-2H3. The highest BCUT2D eigenvalue weighted by molar-refractivity contribution is 7.07. The third-order valence-electron chi connectivity index (χ3n) is 4.09. The lowest BCUT2D eigenvalue weighted by Gasteiger charge is -2.39. The molecule has 0 spiro atoms. The predicted molar refractivity (Wildman–Crippen MR) is 73.3 cm³/mol. The van der Waals surface area contributed by atoms with E-state index in [1.807, 2.05) is 19.2 Å². The number of nitriles is 1. The van der Waals surface area contributed by atoms with E-state index >= 15 is 0 Å². The molecular formula is C15H19NOS. The van der Waals surface area contributed by atoms with Gasteiger partial charge in [0.2, 0.25) is 0 Å². The van der Waals surface area contributed by atoms with Crippen molar-refractivity contribution < 1.29 is 4.79 Å². The van der Waals surface area contributed by atoms with Gasteiger partial charge in [0.1, 0.15) is 5.41 Å². The number of thiophene rings is 1. The van der Waals surface area contributed by atoms with Crippen molar-refractivity contribution in [2.75, 3.05) is 0 Å². The number of aryl methyl sites for hydroxylation is 1. The highest BCUT2D eigenvalue weighted by atomic mass is 32.1. The first-order valence-corrected chi connectivity index (χ1v) is 7.42. The SMILES string of the molecule is CC1(C)CCCC(C#N)(CCc2ccsc2)C1=O. The maximum absolute atomic E-state index is 12.5. The topological polar surface area (TPSA) is 40.9 Å². The summed E-state index contributed by atoms with van der Waals surface area (Å²) in [4.78, 5) is 12.5. The molecule has 96 valence electrons. The summed E-state index contributed by atoms with van der Waals surface area (Å²) in [6, 6.07) is 4.42. The van der Waals surface area contributed by atoms with E-state index in [0.717, 1.165) is 25.7 Å². The van der Waals surface area contributed by atoms with Crippen LogP contribution in [0.2, 0.25) is 0 Å². The third-order valence-corrected chi connectivity index (χ3v) is 4.82. The highest BCUT2D eigenvalue weighted by Crippen LogP contribution is 2.45. The lowest BCUT2D eigenvalue weighted by Crippen LogP contribution is -2.44. The van der Waals surface area contributed by atoms with Crippen molar-refractivity contribution in [3.05, 3.63) is 22.4 Å². The minimum atomic E-state index is -0.746. The first-order chi connectivity index (χ1) is 8.50. The Bertz CT molecular complexity index is 469. The van der Waals surface area contributed by atoms with Crippen molar-refractivity contribution in [1.29, 1.82) is 5.26 Å². The van der Waals surface area contributed by atoms with Crippen LogP contribution in [0.15, 0.2) is 16.8 Å². The molecule has 0 radical (unpaired) electrons. The molecule has 0 aromatic carbocycles. The van der Waals surface area contributed by atoms with E-state index in [1.54, 1.807) is 11.3 Å². The monoisotopic (exact) mass is 261 g/mol. The van der Waals surface area contributed by atoms with Crippen molar-refractivity contribution in [2.24, 2.45) is 10.8 Å². The minimum absolute atomic E-state index is 0.152. The lowest BCUT2D eigenvalue weighted by molar-refractivity contribution is -0.138. The first-order valence-electron chi connectivity index (χ1n) is 6.47. The number of ketones is 1. The van der Waals surface area contributed by atoms with E-state index in [9.17, 15) is 10.1 Å². The van der Waals surface area contributed by atoms with Crippen LogP contribution in [0.5, 0.6) is 0 Å². The maximum Gasteiger partial charge on any atom is 0.158 e. The Kier molecular flexibility index (Phi) is 3.59. The molecule has 1 unspecified atom stereocenters. The van der Waals surface area contributed by atoms with Crippen LogP contribution >= 0.6 is 11.3 Å². The average molecular weight is 261 g/mol. The van der Waals surface area contributed by atoms with Gasteiger partial charge >= 0.3 is 0 Å². The van der Waals surface area contributed by atoms with Gasteiger partial charge < -0.3 is 0 Å². The van der Waals surface area contributed by atoms with Gasteiger partial charge in [-0.1, -0.05) is 20.3 Å². The Morgan fingerprint density at radius 3 is 2.83 bits per heavy atom. The molecule has 3 heteroatoms. The molecule has 2 rings (SSSR count). The fourth-order valence-electron chi connectivity index (χ4n) is 2.90. The van der Waals surface area contributed by atoms with Gasteiger partial charge in [-0.25, -0.2) is 0 Å². The molecular weight excluding hydrogens is 242 g/mol. The fourth-order valence-corrected chi connectivity index (χ4v) is 3.60. The van der Waals surface area contributed by atoms with Crippen LogP contribution in [0, 0.1) is 22.2 Å². The number of nitrogens with zero attached hydrogens (tertiary/aromatic N) is 1. The van der Waals surface area contributed by atoms with Gasteiger partial charge in [-0.15, -0.1) is 0 Å². The molecule has 0 bridgehead atoms. The Balaban J connectivity index is 2.15. The van der Waals surface area contributed by atoms with Crippen LogP contribution in [0.4, 0.5) is 0 Å². The predicted octanol–water partition coefficient (Wildman–Crippen LogP) is 3.97. The second kappa shape index (κ2) is 4.85.